The molecule has 0 spiro atoms. The smallest absolute Gasteiger partial charge is 0.0596 e. The maximum absolute atomic E-state index is 5.57. The lowest BCUT2D eigenvalue weighted by Gasteiger charge is -2.23. The van der Waals surface area contributed by atoms with Crippen molar-refractivity contribution in [1.82, 2.24) is 4.90 Å². The lowest BCUT2D eigenvalue weighted by atomic mass is 10.0. The third-order valence-corrected chi connectivity index (χ3v) is 3.39. The molecule has 0 aliphatic carbocycles. The van der Waals surface area contributed by atoms with E-state index in [0.29, 0.717) is 12.0 Å². The van der Waals surface area contributed by atoms with Crippen LogP contribution in [0.3, 0.4) is 0 Å². The van der Waals surface area contributed by atoms with Gasteiger partial charge in [0, 0.05) is 19.0 Å². The summed E-state index contributed by atoms with van der Waals surface area (Å²) in [6.45, 7) is 6.92. The molecule has 0 aliphatic heterocycles. The Morgan fingerprint density at radius 3 is 2.44 bits per heavy atom. The maximum Gasteiger partial charge on any atom is 0.0596 e. The summed E-state index contributed by atoms with van der Waals surface area (Å²) in [4.78, 5) is 2.32. The zero-order valence-electron chi connectivity index (χ0n) is 11.7. The van der Waals surface area contributed by atoms with Crippen LogP contribution in [0.2, 0.25) is 0 Å². The van der Waals surface area contributed by atoms with Crippen molar-refractivity contribution in [3.05, 3.63) is 35.9 Å². The molecule has 0 N–H and O–H groups in total. The molecule has 102 valence electrons. The summed E-state index contributed by atoms with van der Waals surface area (Å²) in [6, 6.07) is 10.6. The van der Waals surface area contributed by atoms with Gasteiger partial charge >= 0.3 is 0 Å². The fourth-order valence-electron chi connectivity index (χ4n) is 1.91. The molecule has 0 saturated heterocycles. The van der Waals surface area contributed by atoms with Crippen LogP contribution in [-0.2, 0) is 4.74 Å². The van der Waals surface area contributed by atoms with Gasteiger partial charge in [0.25, 0.3) is 0 Å². The highest BCUT2D eigenvalue weighted by molar-refractivity contribution is 7.80. The van der Waals surface area contributed by atoms with E-state index in [4.69, 9.17) is 4.74 Å². The van der Waals surface area contributed by atoms with Gasteiger partial charge in [-0.25, -0.2) is 0 Å². The minimum atomic E-state index is 0.313. The minimum absolute atomic E-state index is 0.313. The predicted octanol–water partition coefficient (Wildman–Crippen LogP) is 3.06. The fourth-order valence-corrected chi connectivity index (χ4v) is 2.23. The van der Waals surface area contributed by atoms with E-state index in [-0.39, 0.29) is 0 Å². The fraction of sp³-hybridized carbons (Fsp3) is 0.600. The SMILES string of the molecule is CC(C)OCCN(C)CC(CS)c1ccccc1. The van der Waals surface area contributed by atoms with Crippen LogP contribution >= 0.6 is 12.6 Å². The number of rotatable bonds is 8. The summed E-state index contributed by atoms with van der Waals surface area (Å²) < 4.78 is 5.57. The molecule has 0 aromatic heterocycles. The summed E-state index contributed by atoms with van der Waals surface area (Å²) in [7, 11) is 2.14. The second-order valence-corrected chi connectivity index (χ2v) is 5.34. The molecule has 0 radical (unpaired) electrons. The molecule has 3 heteroatoms. The molecule has 1 unspecified atom stereocenters. The van der Waals surface area contributed by atoms with Crippen molar-refractivity contribution < 1.29 is 4.74 Å². The van der Waals surface area contributed by atoms with Crippen LogP contribution in [0.15, 0.2) is 30.3 Å². The van der Waals surface area contributed by atoms with Gasteiger partial charge in [-0.1, -0.05) is 30.3 Å². The maximum atomic E-state index is 5.57. The van der Waals surface area contributed by atoms with E-state index in [1.807, 2.05) is 0 Å². The van der Waals surface area contributed by atoms with Crippen molar-refractivity contribution in [1.29, 1.82) is 0 Å². The van der Waals surface area contributed by atoms with Crippen molar-refractivity contribution in [2.45, 2.75) is 25.9 Å². The van der Waals surface area contributed by atoms with E-state index < -0.39 is 0 Å². The van der Waals surface area contributed by atoms with Gasteiger partial charge in [0.1, 0.15) is 0 Å². The molecule has 1 aromatic carbocycles. The molecule has 1 rings (SSSR count). The Kier molecular flexibility index (Phi) is 7.40. The Morgan fingerprint density at radius 2 is 1.89 bits per heavy atom. The number of ether oxygens (including phenoxy) is 1. The summed E-state index contributed by atoms with van der Waals surface area (Å²) in [5.74, 6) is 1.36. The van der Waals surface area contributed by atoms with Crippen LogP contribution in [0.1, 0.15) is 25.3 Å². The summed E-state index contributed by atoms with van der Waals surface area (Å²) in [5.41, 5.74) is 1.36. The van der Waals surface area contributed by atoms with Crippen LogP contribution in [0.5, 0.6) is 0 Å². The molecule has 1 aromatic rings. The van der Waals surface area contributed by atoms with E-state index in [1.54, 1.807) is 0 Å². The van der Waals surface area contributed by atoms with Gasteiger partial charge in [0.15, 0.2) is 0 Å². The van der Waals surface area contributed by atoms with Crippen molar-refractivity contribution >= 4 is 12.6 Å². The van der Waals surface area contributed by atoms with Gasteiger partial charge < -0.3 is 9.64 Å². The Labute approximate surface area is 117 Å². The van der Waals surface area contributed by atoms with Crippen LogP contribution in [0.4, 0.5) is 0 Å². The lowest BCUT2D eigenvalue weighted by molar-refractivity contribution is 0.0632. The van der Waals surface area contributed by atoms with Crippen molar-refractivity contribution in [2.75, 3.05) is 32.5 Å². The average Bonchev–Trinajstić information content (AvgIpc) is 2.36. The minimum Gasteiger partial charge on any atom is -0.377 e. The van der Waals surface area contributed by atoms with Gasteiger partial charge in [0.2, 0.25) is 0 Å². The first-order valence-electron chi connectivity index (χ1n) is 6.59. The largest absolute Gasteiger partial charge is 0.377 e. The Bertz CT molecular complexity index is 316. The van der Waals surface area contributed by atoms with Crippen molar-refractivity contribution in [2.24, 2.45) is 0 Å². The van der Waals surface area contributed by atoms with Gasteiger partial charge in [-0.05, 0) is 32.2 Å². The molecule has 0 amide bonds. The number of hydrogen-bond acceptors (Lipinski definition) is 3. The number of nitrogens with zero attached hydrogens (tertiary/aromatic N) is 1. The molecule has 0 heterocycles. The van der Waals surface area contributed by atoms with Crippen LogP contribution < -0.4 is 0 Å². The number of thiol groups is 1. The highest BCUT2D eigenvalue weighted by Gasteiger charge is 2.12. The summed E-state index contributed by atoms with van der Waals surface area (Å²) >= 11 is 4.47. The molecule has 0 bridgehead atoms. The molecule has 2 nitrogen and oxygen atoms in total. The predicted molar refractivity (Wildman–Crippen MR) is 81.6 cm³/mol. The second kappa shape index (κ2) is 8.57. The Balaban J connectivity index is 2.39. The molecule has 18 heavy (non-hydrogen) atoms. The normalized spacial score (nSPS) is 13.2. The molecular weight excluding hydrogens is 242 g/mol. The Hall–Kier alpha value is -0.510. The quantitative estimate of drug-likeness (QED) is 0.727. The highest BCUT2D eigenvalue weighted by atomic mass is 32.1. The third kappa shape index (κ3) is 5.89. The number of hydrogen-bond donors (Lipinski definition) is 1. The zero-order valence-corrected chi connectivity index (χ0v) is 12.6. The first-order chi connectivity index (χ1) is 8.63. The third-order valence-electron chi connectivity index (χ3n) is 2.95. The highest BCUT2D eigenvalue weighted by Crippen LogP contribution is 2.17. The van der Waals surface area contributed by atoms with E-state index >= 15 is 0 Å². The van der Waals surface area contributed by atoms with E-state index in [1.165, 1.54) is 5.56 Å². The van der Waals surface area contributed by atoms with E-state index in [2.05, 4.69) is 68.8 Å². The molecule has 0 fully saturated rings. The molecular formula is C15H25NOS. The van der Waals surface area contributed by atoms with Crippen LogP contribution in [0.25, 0.3) is 0 Å². The van der Waals surface area contributed by atoms with E-state index in [9.17, 15) is 0 Å². The monoisotopic (exact) mass is 267 g/mol. The summed E-state index contributed by atoms with van der Waals surface area (Å²) in [5, 5.41) is 0. The zero-order chi connectivity index (χ0) is 13.4. The standard InChI is InChI=1S/C15H25NOS/c1-13(2)17-10-9-16(3)11-15(12-18)14-7-5-4-6-8-14/h4-8,13,15,18H,9-12H2,1-3H3. The molecule has 1 atom stereocenters. The van der Waals surface area contributed by atoms with Crippen LogP contribution in [-0.4, -0.2) is 43.5 Å². The number of benzene rings is 1. The van der Waals surface area contributed by atoms with Crippen molar-refractivity contribution in [3.8, 4) is 0 Å². The molecule has 0 saturated carbocycles. The van der Waals surface area contributed by atoms with Crippen LogP contribution in [0, 0.1) is 0 Å². The topological polar surface area (TPSA) is 12.5 Å². The average molecular weight is 267 g/mol. The lowest BCUT2D eigenvalue weighted by Crippen LogP contribution is -2.29. The van der Waals surface area contributed by atoms with E-state index in [0.717, 1.165) is 25.4 Å². The molecule has 0 aliphatic rings. The summed E-state index contributed by atoms with van der Waals surface area (Å²) in [6.07, 6.45) is 0.313. The van der Waals surface area contributed by atoms with Gasteiger partial charge in [-0.2, -0.15) is 12.6 Å². The van der Waals surface area contributed by atoms with Gasteiger partial charge in [0.05, 0.1) is 12.7 Å². The van der Waals surface area contributed by atoms with Gasteiger partial charge in [-0.15, -0.1) is 0 Å². The van der Waals surface area contributed by atoms with Gasteiger partial charge in [-0.3, -0.25) is 0 Å². The first-order valence-corrected chi connectivity index (χ1v) is 7.22. The van der Waals surface area contributed by atoms with Crippen molar-refractivity contribution in [3.63, 3.8) is 0 Å². The Morgan fingerprint density at radius 1 is 1.22 bits per heavy atom. The first kappa shape index (κ1) is 15.5. The second-order valence-electron chi connectivity index (χ2n) is 4.97. The number of likely N-dealkylation sites (N-methyl/N-ethyl adjacent to an activating group) is 1.